The fourth-order valence-electron chi connectivity index (χ4n) is 3.93. The summed E-state index contributed by atoms with van der Waals surface area (Å²) in [6.45, 7) is 11.6. The minimum absolute atomic E-state index is 0.122. The molecular weight excluding hydrogens is 468 g/mol. The van der Waals surface area contributed by atoms with Crippen LogP contribution in [0.15, 0.2) is 30.5 Å². The molecule has 35 heavy (non-hydrogen) atoms. The van der Waals surface area contributed by atoms with Gasteiger partial charge in [0.15, 0.2) is 11.4 Å². The quantitative estimate of drug-likeness (QED) is 0.469. The number of halogens is 1. The Balaban J connectivity index is 1.74. The number of amides is 1. The molecule has 3 aromatic rings. The van der Waals surface area contributed by atoms with E-state index in [0.29, 0.717) is 63.5 Å². The van der Waals surface area contributed by atoms with Gasteiger partial charge in [-0.05, 0) is 32.0 Å². The summed E-state index contributed by atoms with van der Waals surface area (Å²) in [6, 6.07) is 7.16. The van der Waals surface area contributed by atoms with Crippen molar-refractivity contribution in [1.82, 2.24) is 19.9 Å². The molecular formula is C25H25ClN6O3. The van der Waals surface area contributed by atoms with Crippen LogP contribution in [0, 0.1) is 6.57 Å². The van der Waals surface area contributed by atoms with Crippen LogP contribution in [-0.2, 0) is 23.3 Å². The van der Waals surface area contributed by atoms with Crippen molar-refractivity contribution in [3.8, 4) is 5.75 Å². The summed E-state index contributed by atoms with van der Waals surface area (Å²) in [7, 11) is 4.84. The molecule has 0 bridgehead atoms. The molecule has 3 heterocycles. The van der Waals surface area contributed by atoms with Gasteiger partial charge in [-0.25, -0.2) is 0 Å². The third kappa shape index (κ3) is 4.63. The Morgan fingerprint density at radius 2 is 2.00 bits per heavy atom. The van der Waals surface area contributed by atoms with Gasteiger partial charge in [-0.3, -0.25) is 14.8 Å². The van der Waals surface area contributed by atoms with Gasteiger partial charge in [0.25, 0.3) is 11.7 Å². The van der Waals surface area contributed by atoms with E-state index in [1.807, 2.05) is 26.0 Å². The second-order valence-corrected chi connectivity index (χ2v) is 9.03. The van der Waals surface area contributed by atoms with Gasteiger partial charge in [0.1, 0.15) is 0 Å². The first-order chi connectivity index (χ1) is 16.7. The molecule has 1 aliphatic heterocycles. The van der Waals surface area contributed by atoms with Crippen molar-refractivity contribution in [3.05, 3.63) is 75.2 Å². The Kier molecular flexibility index (Phi) is 6.61. The lowest BCUT2D eigenvalue weighted by molar-refractivity contribution is 0.0160. The van der Waals surface area contributed by atoms with Crippen molar-refractivity contribution in [2.45, 2.75) is 32.4 Å². The van der Waals surface area contributed by atoms with Gasteiger partial charge in [-0.15, -0.1) is 4.98 Å². The maximum atomic E-state index is 12.9. The highest BCUT2D eigenvalue weighted by molar-refractivity contribution is 6.32. The third-order valence-electron chi connectivity index (χ3n) is 5.89. The number of carbonyl (C=O) groups excluding carboxylic acids is 1. The van der Waals surface area contributed by atoms with Crippen molar-refractivity contribution in [3.63, 3.8) is 0 Å². The lowest BCUT2D eigenvalue weighted by atomic mass is 10.0. The molecule has 10 heteroatoms. The molecule has 1 N–H and O–H groups in total. The van der Waals surface area contributed by atoms with Crippen LogP contribution in [-0.4, -0.2) is 47.0 Å². The third-order valence-corrected chi connectivity index (χ3v) is 6.19. The average Bonchev–Trinajstić information content (AvgIpc) is 3.12. The maximum Gasteiger partial charge on any atom is 0.294 e. The molecule has 0 atom stereocenters. The summed E-state index contributed by atoms with van der Waals surface area (Å²) in [5, 5.41) is 3.75. The Hall–Kier alpha value is -3.74. The van der Waals surface area contributed by atoms with Gasteiger partial charge in [0.05, 0.1) is 70.9 Å². The van der Waals surface area contributed by atoms with E-state index in [9.17, 15) is 4.79 Å². The molecule has 1 aliphatic rings. The highest BCUT2D eigenvalue weighted by atomic mass is 35.5. The van der Waals surface area contributed by atoms with Crippen LogP contribution in [0.2, 0.25) is 5.02 Å². The number of nitrogens with one attached hydrogen (secondary N) is 1. The van der Waals surface area contributed by atoms with Gasteiger partial charge in [0, 0.05) is 14.2 Å². The fourth-order valence-corrected chi connectivity index (χ4v) is 4.18. The smallest absolute Gasteiger partial charge is 0.294 e. The number of pyridine rings is 1. The topological polar surface area (TPSA) is 93.8 Å². The summed E-state index contributed by atoms with van der Waals surface area (Å²) in [5.41, 5.74) is 3.39. The molecule has 180 valence electrons. The van der Waals surface area contributed by atoms with Gasteiger partial charge < -0.3 is 24.5 Å². The van der Waals surface area contributed by atoms with Gasteiger partial charge in [0.2, 0.25) is 0 Å². The molecule has 2 aromatic heterocycles. The maximum absolute atomic E-state index is 12.9. The number of aromatic nitrogens is 3. The number of methoxy groups -OCH3 is 2. The second kappa shape index (κ2) is 9.49. The minimum atomic E-state index is -0.741. The first-order valence-corrected chi connectivity index (χ1v) is 11.2. The van der Waals surface area contributed by atoms with E-state index in [1.165, 1.54) is 7.11 Å². The van der Waals surface area contributed by atoms with Crippen LogP contribution >= 0.6 is 11.6 Å². The van der Waals surface area contributed by atoms with Gasteiger partial charge in [-0.1, -0.05) is 24.2 Å². The van der Waals surface area contributed by atoms with Gasteiger partial charge >= 0.3 is 0 Å². The molecule has 0 radical (unpaired) electrons. The SMILES string of the molecule is [C-]#[N+]c1nc(Cc2cc(Nc3cccc(Cl)c3OC)c3c(n2)CN(C)C3=O)cnc1C(C)(C)OC. The zero-order valence-electron chi connectivity index (χ0n) is 20.1. The number of benzene rings is 1. The van der Waals surface area contributed by atoms with Crippen molar-refractivity contribution in [2.75, 3.05) is 26.6 Å². The molecule has 0 aliphatic carbocycles. The number of para-hydroxylation sites is 1. The first kappa shape index (κ1) is 24.4. The van der Waals surface area contributed by atoms with E-state index in [4.69, 9.17) is 32.6 Å². The van der Waals surface area contributed by atoms with Gasteiger partial charge in [-0.2, -0.15) is 0 Å². The Morgan fingerprint density at radius 3 is 2.69 bits per heavy atom. The van der Waals surface area contributed by atoms with Crippen LogP contribution < -0.4 is 10.1 Å². The molecule has 1 amide bonds. The molecule has 0 fully saturated rings. The van der Waals surface area contributed by atoms with E-state index in [0.717, 1.165) is 0 Å². The van der Waals surface area contributed by atoms with E-state index in [1.54, 1.807) is 37.4 Å². The minimum Gasteiger partial charge on any atom is -0.493 e. The van der Waals surface area contributed by atoms with E-state index in [2.05, 4.69) is 20.1 Å². The zero-order valence-corrected chi connectivity index (χ0v) is 20.9. The number of nitrogens with zero attached hydrogens (tertiary/aromatic N) is 5. The normalized spacial score (nSPS) is 12.9. The monoisotopic (exact) mass is 492 g/mol. The second-order valence-electron chi connectivity index (χ2n) is 8.63. The molecule has 4 rings (SSSR count). The Bertz CT molecular complexity index is 1350. The largest absolute Gasteiger partial charge is 0.493 e. The van der Waals surface area contributed by atoms with E-state index in [-0.39, 0.29) is 11.7 Å². The van der Waals surface area contributed by atoms with Crippen LogP contribution in [0.4, 0.5) is 17.2 Å². The number of rotatable bonds is 7. The van der Waals surface area contributed by atoms with Crippen LogP contribution in [0.3, 0.4) is 0 Å². The number of anilines is 2. The zero-order chi connectivity index (χ0) is 25.3. The summed E-state index contributed by atoms with van der Waals surface area (Å²) < 4.78 is 10.9. The summed E-state index contributed by atoms with van der Waals surface area (Å²) in [4.78, 5) is 31.7. The predicted octanol–water partition coefficient (Wildman–Crippen LogP) is 4.89. The van der Waals surface area contributed by atoms with Crippen LogP contribution in [0.5, 0.6) is 5.75 Å². The predicted molar refractivity (Wildman–Crippen MR) is 132 cm³/mol. The van der Waals surface area contributed by atoms with E-state index < -0.39 is 5.60 Å². The first-order valence-electron chi connectivity index (χ1n) is 10.8. The molecule has 0 saturated heterocycles. The highest BCUT2D eigenvalue weighted by Crippen LogP contribution is 2.37. The highest BCUT2D eigenvalue weighted by Gasteiger charge is 2.31. The molecule has 1 aromatic carbocycles. The molecule has 9 nitrogen and oxygen atoms in total. The molecule has 0 saturated carbocycles. The number of carbonyl (C=O) groups is 1. The van der Waals surface area contributed by atoms with E-state index >= 15 is 0 Å². The summed E-state index contributed by atoms with van der Waals surface area (Å²) >= 11 is 6.29. The lowest BCUT2D eigenvalue weighted by Gasteiger charge is -2.22. The Morgan fingerprint density at radius 1 is 1.23 bits per heavy atom. The van der Waals surface area contributed by atoms with Crippen molar-refractivity contribution < 1.29 is 14.3 Å². The molecule has 0 spiro atoms. The number of fused-ring (bicyclic) bond motifs is 1. The number of hydrogen-bond donors (Lipinski definition) is 1. The number of ether oxygens (including phenoxy) is 2. The summed E-state index contributed by atoms with van der Waals surface area (Å²) in [6.07, 6.45) is 1.96. The summed E-state index contributed by atoms with van der Waals surface area (Å²) in [5.74, 6) is 0.542. The number of hydrogen-bond acceptors (Lipinski definition) is 7. The molecule has 0 unspecified atom stereocenters. The van der Waals surface area contributed by atoms with Crippen LogP contribution in [0.1, 0.15) is 47.0 Å². The van der Waals surface area contributed by atoms with Crippen LogP contribution in [0.25, 0.3) is 4.85 Å². The fraction of sp³-hybridized carbons (Fsp3) is 0.320. The Labute approximate surface area is 208 Å². The average molecular weight is 493 g/mol. The van der Waals surface area contributed by atoms with Crippen molar-refractivity contribution in [1.29, 1.82) is 0 Å². The standard InChI is InChI=1S/C25H25ClN6O3/c1-25(2,35-6)22-23(27-3)30-15(12-28-22)10-14-11-18(20-19(29-14)13-32(4)24(20)33)31-17-9-7-8-16(26)21(17)34-5/h7-9,11-12H,10,13H2,1-2,4-6H3,(H,29,31). The van der Waals surface area contributed by atoms with Crippen molar-refractivity contribution in [2.24, 2.45) is 0 Å². The van der Waals surface area contributed by atoms with Crippen molar-refractivity contribution >= 4 is 34.7 Å². The lowest BCUT2D eigenvalue weighted by Crippen LogP contribution is -2.22.